The summed E-state index contributed by atoms with van der Waals surface area (Å²) in [5.41, 5.74) is 1.85. The Balaban J connectivity index is 2.01. The second kappa shape index (κ2) is 7.44. The minimum Gasteiger partial charge on any atom is -0.477 e. The van der Waals surface area contributed by atoms with Crippen LogP contribution in [0, 0.1) is 5.82 Å². The lowest BCUT2D eigenvalue weighted by Gasteiger charge is -2.43. The van der Waals surface area contributed by atoms with E-state index in [1.807, 2.05) is 6.07 Å². The van der Waals surface area contributed by atoms with Crippen LogP contribution in [0.2, 0.25) is 0 Å². The molecule has 0 saturated carbocycles. The SMILES string of the molecule is C=C1C[NH+](CC(=O)O)CC2Nc3c(F)cc(Br)cc3C12CCNSCl. The summed E-state index contributed by atoms with van der Waals surface area (Å²) in [4.78, 5) is 12.0. The van der Waals surface area contributed by atoms with Gasteiger partial charge in [-0.1, -0.05) is 22.5 Å². The zero-order valence-electron chi connectivity index (χ0n) is 13.4. The Morgan fingerprint density at radius 1 is 1.64 bits per heavy atom. The van der Waals surface area contributed by atoms with Gasteiger partial charge in [0.05, 0.1) is 30.2 Å². The third-order valence-corrected chi connectivity index (χ3v) is 6.21. The molecular weight excluding hydrogens is 433 g/mol. The number of rotatable bonds is 6. The molecular formula is C16H19BrClFN3O2S+. The first-order chi connectivity index (χ1) is 11.9. The molecule has 5 nitrogen and oxygen atoms in total. The van der Waals surface area contributed by atoms with Crippen LogP contribution in [-0.2, 0) is 10.2 Å². The van der Waals surface area contributed by atoms with Crippen molar-refractivity contribution >= 4 is 49.4 Å². The second-order valence-corrected chi connectivity index (χ2v) is 8.33. The van der Waals surface area contributed by atoms with Crippen LogP contribution >= 0.6 is 37.8 Å². The number of carbonyl (C=O) groups is 1. The van der Waals surface area contributed by atoms with E-state index >= 15 is 0 Å². The quantitative estimate of drug-likeness (QED) is 0.302. The molecule has 0 radical (unpaired) electrons. The van der Waals surface area contributed by atoms with Crippen molar-refractivity contribution < 1.29 is 19.2 Å². The highest BCUT2D eigenvalue weighted by atomic mass is 79.9. The van der Waals surface area contributed by atoms with E-state index in [0.29, 0.717) is 36.2 Å². The zero-order valence-corrected chi connectivity index (χ0v) is 16.5. The van der Waals surface area contributed by atoms with Gasteiger partial charge in [0.2, 0.25) is 0 Å². The molecule has 1 aromatic rings. The number of hydrogen-bond acceptors (Lipinski definition) is 4. The van der Waals surface area contributed by atoms with Crippen LogP contribution < -0.4 is 14.9 Å². The van der Waals surface area contributed by atoms with E-state index in [4.69, 9.17) is 15.8 Å². The Labute approximate surface area is 162 Å². The predicted molar refractivity (Wildman–Crippen MR) is 102 cm³/mol. The van der Waals surface area contributed by atoms with Gasteiger partial charge in [-0.25, -0.2) is 9.18 Å². The van der Waals surface area contributed by atoms with Gasteiger partial charge in [-0.2, -0.15) is 0 Å². The normalized spacial score (nSPS) is 27.6. The molecule has 3 atom stereocenters. The molecule has 1 aromatic carbocycles. The van der Waals surface area contributed by atoms with E-state index in [2.05, 4.69) is 32.5 Å². The molecule has 4 N–H and O–H groups in total. The van der Waals surface area contributed by atoms with Gasteiger partial charge >= 0.3 is 5.97 Å². The summed E-state index contributed by atoms with van der Waals surface area (Å²) in [6.07, 6.45) is 0.701. The van der Waals surface area contributed by atoms with Gasteiger partial charge in [0.25, 0.3) is 0 Å². The molecule has 0 spiro atoms. The van der Waals surface area contributed by atoms with E-state index < -0.39 is 11.4 Å². The smallest absolute Gasteiger partial charge is 0.359 e. The van der Waals surface area contributed by atoms with E-state index in [1.54, 1.807) is 0 Å². The number of piperidine rings is 1. The van der Waals surface area contributed by atoms with Crippen LogP contribution in [0.4, 0.5) is 10.1 Å². The molecule has 0 amide bonds. The number of benzene rings is 1. The van der Waals surface area contributed by atoms with Gasteiger partial charge < -0.3 is 15.3 Å². The largest absolute Gasteiger partial charge is 0.477 e. The van der Waals surface area contributed by atoms with Crippen LogP contribution in [0.15, 0.2) is 28.8 Å². The summed E-state index contributed by atoms with van der Waals surface area (Å²) in [7, 11) is 5.66. The minimum atomic E-state index is -0.847. The number of aliphatic carboxylic acids is 1. The molecule has 1 saturated heterocycles. The Morgan fingerprint density at radius 2 is 2.40 bits per heavy atom. The van der Waals surface area contributed by atoms with Crippen molar-refractivity contribution in [3.8, 4) is 0 Å². The Kier molecular flexibility index (Phi) is 5.65. The highest BCUT2D eigenvalue weighted by Crippen LogP contribution is 2.50. The van der Waals surface area contributed by atoms with Gasteiger partial charge in [-0.05, 0) is 40.4 Å². The molecule has 1 fully saturated rings. The van der Waals surface area contributed by atoms with Crippen molar-refractivity contribution in [1.29, 1.82) is 0 Å². The predicted octanol–water partition coefficient (Wildman–Crippen LogP) is 1.94. The number of nitrogens with one attached hydrogen (secondary N) is 3. The molecule has 0 aromatic heterocycles. The lowest BCUT2D eigenvalue weighted by Crippen LogP contribution is -3.16. The van der Waals surface area contributed by atoms with Crippen molar-refractivity contribution in [2.45, 2.75) is 17.9 Å². The number of likely N-dealkylation sites (tertiary alicyclic amines) is 1. The fourth-order valence-corrected chi connectivity index (χ4v) is 5.00. The van der Waals surface area contributed by atoms with Crippen molar-refractivity contribution in [3.05, 3.63) is 40.1 Å². The molecule has 2 aliphatic rings. The summed E-state index contributed by atoms with van der Waals surface area (Å²) < 4.78 is 18.2. The Morgan fingerprint density at radius 3 is 3.08 bits per heavy atom. The maximum atomic E-state index is 14.5. The molecule has 0 bridgehead atoms. The summed E-state index contributed by atoms with van der Waals surface area (Å²) in [6.45, 7) is 6.05. The van der Waals surface area contributed by atoms with Crippen LogP contribution in [0.3, 0.4) is 0 Å². The number of carboxylic acid groups (broad SMARTS) is 1. The van der Waals surface area contributed by atoms with Crippen molar-refractivity contribution in [1.82, 2.24) is 4.72 Å². The average Bonchev–Trinajstić information content (AvgIpc) is 2.83. The molecule has 3 rings (SSSR count). The first-order valence-corrected chi connectivity index (χ1v) is 10.3. The number of hydrogen-bond donors (Lipinski definition) is 4. The van der Waals surface area contributed by atoms with Crippen molar-refractivity contribution in [2.24, 2.45) is 0 Å². The number of carboxylic acids is 1. The van der Waals surface area contributed by atoms with Crippen molar-refractivity contribution in [2.75, 3.05) is 31.5 Å². The van der Waals surface area contributed by atoms with E-state index in [9.17, 15) is 9.18 Å². The highest BCUT2D eigenvalue weighted by molar-refractivity contribution is 9.10. The third kappa shape index (κ3) is 3.42. The first kappa shape index (κ1) is 19.0. The molecule has 3 unspecified atom stereocenters. The highest BCUT2D eigenvalue weighted by Gasteiger charge is 2.54. The molecule has 9 heteroatoms. The minimum absolute atomic E-state index is 0.0194. The molecule has 2 heterocycles. The summed E-state index contributed by atoms with van der Waals surface area (Å²) >= 11 is 4.41. The fraction of sp³-hybridized carbons (Fsp3) is 0.438. The maximum absolute atomic E-state index is 14.5. The van der Waals surface area contributed by atoms with Crippen LogP contribution in [-0.4, -0.2) is 43.3 Å². The number of anilines is 1. The van der Waals surface area contributed by atoms with Crippen LogP contribution in [0.1, 0.15) is 12.0 Å². The number of halogens is 3. The summed E-state index contributed by atoms with van der Waals surface area (Å²) in [5, 5.41) is 12.4. The maximum Gasteiger partial charge on any atom is 0.359 e. The van der Waals surface area contributed by atoms with Crippen LogP contribution in [0.25, 0.3) is 0 Å². The first-order valence-electron chi connectivity index (χ1n) is 7.88. The lowest BCUT2D eigenvalue weighted by molar-refractivity contribution is -0.893. The Bertz CT molecular complexity index is 723. The van der Waals surface area contributed by atoms with Gasteiger partial charge in [-0.3, -0.25) is 4.72 Å². The summed E-state index contributed by atoms with van der Waals surface area (Å²) in [5.74, 6) is -1.16. The van der Waals surface area contributed by atoms with E-state index in [0.717, 1.165) is 27.2 Å². The second-order valence-electron chi connectivity index (χ2n) is 6.50. The molecule has 136 valence electrons. The van der Waals surface area contributed by atoms with E-state index in [1.165, 1.54) is 6.07 Å². The summed E-state index contributed by atoms with van der Waals surface area (Å²) in [6, 6.07) is 3.27. The average molecular weight is 452 g/mol. The van der Waals surface area contributed by atoms with Gasteiger partial charge in [0.1, 0.15) is 5.82 Å². The van der Waals surface area contributed by atoms with Gasteiger partial charge in [-0.15, -0.1) is 0 Å². The van der Waals surface area contributed by atoms with Gasteiger partial charge in [0.15, 0.2) is 6.54 Å². The number of fused-ring (bicyclic) bond motifs is 3. The topological polar surface area (TPSA) is 65.8 Å². The molecule has 0 aliphatic carbocycles. The van der Waals surface area contributed by atoms with Crippen LogP contribution in [0.5, 0.6) is 0 Å². The molecule has 25 heavy (non-hydrogen) atoms. The zero-order chi connectivity index (χ0) is 18.2. The van der Waals surface area contributed by atoms with E-state index in [-0.39, 0.29) is 18.4 Å². The standard InChI is InChI=1S/C16H18BrClFN3O2S/c1-9-6-22(8-14(23)24)7-13-16(9,2-3-20-25-18)11-4-10(17)5-12(19)15(11)21-13/h4-5,13,20-21H,1-3,6-8H2,(H,23,24)/p+1. The molecule has 2 aliphatic heterocycles. The monoisotopic (exact) mass is 450 g/mol. The fourth-order valence-electron chi connectivity index (χ4n) is 4.16. The number of quaternary nitrogens is 1. The Hall–Kier alpha value is -0.800. The lowest BCUT2D eigenvalue weighted by atomic mass is 9.66. The third-order valence-electron chi connectivity index (χ3n) is 5.11. The van der Waals surface area contributed by atoms with Crippen molar-refractivity contribution in [3.63, 3.8) is 0 Å². The van der Waals surface area contributed by atoms with Gasteiger partial charge in [0, 0.05) is 22.2 Å².